The Bertz CT molecular complexity index is 1010. The maximum Gasteiger partial charge on any atom is 0.220 e. The third-order valence-corrected chi connectivity index (χ3v) is 10.4. The van der Waals surface area contributed by atoms with E-state index in [1.807, 2.05) is 19.1 Å². The van der Waals surface area contributed by atoms with Crippen LogP contribution in [0.2, 0.25) is 0 Å². The van der Waals surface area contributed by atoms with Crippen molar-refractivity contribution >= 4 is 11.4 Å². The Balaban J connectivity index is 1.59. The van der Waals surface area contributed by atoms with E-state index in [0.29, 0.717) is 23.7 Å². The Kier molecular flexibility index (Phi) is 4.13. The first kappa shape index (κ1) is 20.2. The lowest BCUT2D eigenvalue weighted by molar-refractivity contribution is -0.147. The largest absolute Gasteiger partial charge is 0.295 e. The Morgan fingerprint density at radius 2 is 1.80 bits per heavy atom. The van der Waals surface area contributed by atoms with Crippen molar-refractivity contribution in [1.82, 2.24) is 4.98 Å². The van der Waals surface area contributed by atoms with Gasteiger partial charge in [-0.25, -0.2) is 4.98 Å². The van der Waals surface area contributed by atoms with E-state index in [1.165, 1.54) is 11.1 Å². The van der Waals surface area contributed by atoms with Crippen LogP contribution in [0.15, 0.2) is 30.0 Å². The summed E-state index contributed by atoms with van der Waals surface area (Å²) in [6, 6.07) is 1.98. The normalized spacial score (nSPS) is 42.7. The highest BCUT2D eigenvalue weighted by Gasteiger charge is 2.67. The van der Waals surface area contributed by atoms with Gasteiger partial charge in [-0.15, -0.1) is 0 Å². The van der Waals surface area contributed by atoms with E-state index < -0.39 is 0 Å². The number of hydrogen-bond acceptors (Lipinski definition) is 2. The van der Waals surface area contributed by atoms with E-state index in [2.05, 4.69) is 38.8 Å². The van der Waals surface area contributed by atoms with Gasteiger partial charge in [-0.05, 0) is 96.3 Å². The van der Waals surface area contributed by atoms with Crippen molar-refractivity contribution in [3.63, 3.8) is 0 Å². The van der Waals surface area contributed by atoms with Crippen LogP contribution in [-0.2, 0) is 4.79 Å². The van der Waals surface area contributed by atoms with Crippen LogP contribution in [0.4, 0.5) is 4.39 Å². The van der Waals surface area contributed by atoms with Crippen LogP contribution in [0.1, 0.15) is 83.8 Å². The quantitative estimate of drug-likeness (QED) is 0.477. The molecule has 4 aliphatic rings. The summed E-state index contributed by atoms with van der Waals surface area (Å²) in [5, 5.41) is 0. The number of carbonyl (C=O) groups excluding carboxylic acids is 1. The lowest BCUT2D eigenvalue weighted by Crippen LogP contribution is -2.60. The molecule has 5 rings (SSSR count). The molecule has 0 bridgehead atoms. The average Bonchev–Trinajstić information content (AvgIpc) is 2.97. The topological polar surface area (TPSA) is 30.0 Å². The molecule has 0 radical (unpaired) electrons. The molecule has 0 amide bonds. The number of hydrogen-bond donors (Lipinski definition) is 0. The second kappa shape index (κ2) is 6.14. The van der Waals surface area contributed by atoms with Gasteiger partial charge in [0.15, 0.2) is 5.78 Å². The second-order valence-corrected chi connectivity index (χ2v) is 11.4. The standard InChI is InChI=1S/C27H34FNO/c1-17-14-20(23(28)29-16-17)21-9-11-26(4)22-7-6-18-15-19(30)8-10-24(18,2)27(22,5)13-12-25(21,26)3/h9,14-16,22H,6-8,10-13H2,1-5H3/t22-,24-,25+,26-,27-/m0/s1. The van der Waals surface area contributed by atoms with Crippen LogP contribution >= 0.6 is 0 Å². The molecule has 0 unspecified atom stereocenters. The van der Waals surface area contributed by atoms with Crippen molar-refractivity contribution in [2.24, 2.45) is 27.6 Å². The van der Waals surface area contributed by atoms with Gasteiger partial charge in [-0.1, -0.05) is 39.3 Å². The van der Waals surface area contributed by atoms with Crippen LogP contribution in [0.5, 0.6) is 0 Å². The molecule has 2 nitrogen and oxygen atoms in total. The Morgan fingerprint density at radius 3 is 2.57 bits per heavy atom. The lowest BCUT2D eigenvalue weighted by atomic mass is 9.36. The van der Waals surface area contributed by atoms with Gasteiger partial charge in [0.25, 0.3) is 0 Å². The summed E-state index contributed by atoms with van der Waals surface area (Å²) in [4.78, 5) is 16.2. The summed E-state index contributed by atoms with van der Waals surface area (Å²) in [6.45, 7) is 11.8. The van der Waals surface area contributed by atoms with E-state index in [4.69, 9.17) is 0 Å². The Labute approximate surface area is 180 Å². The Hall–Kier alpha value is -1.77. The van der Waals surface area contributed by atoms with Crippen molar-refractivity contribution in [2.75, 3.05) is 0 Å². The van der Waals surface area contributed by atoms with Crippen LogP contribution < -0.4 is 0 Å². The molecule has 0 N–H and O–H groups in total. The maximum absolute atomic E-state index is 14.8. The zero-order chi connectivity index (χ0) is 21.5. The maximum atomic E-state index is 14.8. The third kappa shape index (κ3) is 2.30. The van der Waals surface area contributed by atoms with Crippen molar-refractivity contribution in [2.45, 2.75) is 79.6 Å². The molecule has 1 heterocycles. The first-order valence-electron chi connectivity index (χ1n) is 11.6. The van der Waals surface area contributed by atoms with Gasteiger partial charge in [0.1, 0.15) is 0 Å². The smallest absolute Gasteiger partial charge is 0.220 e. The number of halogens is 1. The van der Waals surface area contributed by atoms with Crippen LogP contribution in [0.3, 0.4) is 0 Å². The molecule has 0 spiro atoms. The summed E-state index contributed by atoms with van der Waals surface area (Å²) < 4.78 is 14.8. The SMILES string of the molecule is Cc1cnc(F)c(C2=CC[C@@]3(C)[C@@H]4CCC5=CC(=O)CC[C@]5(C)[C@@]4(C)CC[C@]23C)c1. The number of ketones is 1. The second-order valence-electron chi connectivity index (χ2n) is 11.4. The molecule has 0 aliphatic heterocycles. The first-order valence-corrected chi connectivity index (χ1v) is 11.6. The van der Waals surface area contributed by atoms with Gasteiger partial charge in [-0.2, -0.15) is 4.39 Å². The monoisotopic (exact) mass is 407 g/mol. The van der Waals surface area contributed by atoms with Crippen molar-refractivity contribution in [3.05, 3.63) is 47.1 Å². The summed E-state index contributed by atoms with van der Waals surface area (Å²) >= 11 is 0. The number of carbonyl (C=O) groups is 1. The fourth-order valence-corrected chi connectivity index (χ4v) is 8.11. The van der Waals surface area contributed by atoms with Gasteiger partial charge in [0.05, 0.1) is 0 Å². The number of fused-ring (bicyclic) bond motifs is 5. The number of rotatable bonds is 1. The molecule has 0 aromatic carbocycles. The van der Waals surface area contributed by atoms with E-state index in [9.17, 15) is 9.18 Å². The highest BCUT2D eigenvalue weighted by molar-refractivity contribution is 5.91. The molecule has 30 heavy (non-hydrogen) atoms. The van der Waals surface area contributed by atoms with Crippen LogP contribution in [-0.4, -0.2) is 10.8 Å². The average molecular weight is 408 g/mol. The number of pyridine rings is 1. The highest BCUT2D eigenvalue weighted by Crippen LogP contribution is 2.76. The van der Waals surface area contributed by atoms with Gasteiger partial charge < -0.3 is 0 Å². The Morgan fingerprint density at radius 1 is 1.03 bits per heavy atom. The van der Waals surface area contributed by atoms with Gasteiger partial charge >= 0.3 is 0 Å². The molecular weight excluding hydrogens is 373 g/mol. The predicted molar refractivity (Wildman–Crippen MR) is 118 cm³/mol. The summed E-state index contributed by atoms with van der Waals surface area (Å²) in [5.41, 5.74) is 4.62. The highest BCUT2D eigenvalue weighted by atomic mass is 19.1. The van der Waals surface area contributed by atoms with Crippen molar-refractivity contribution in [3.8, 4) is 0 Å². The van der Waals surface area contributed by atoms with E-state index in [0.717, 1.165) is 44.1 Å². The van der Waals surface area contributed by atoms with E-state index in [-0.39, 0.29) is 27.6 Å². The summed E-state index contributed by atoms with van der Waals surface area (Å²) in [6.07, 6.45) is 12.9. The zero-order valence-electron chi connectivity index (χ0n) is 19.1. The van der Waals surface area contributed by atoms with Crippen molar-refractivity contribution in [1.29, 1.82) is 0 Å². The third-order valence-electron chi connectivity index (χ3n) is 10.4. The minimum absolute atomic E-state index is 0.0461. The first-order chi connectivity index (χ1) is 14.1. The number of aryl methyl sites for hydroxylation is 1. The molecule has 1 aromatic heterocycles. The molecule has 3 heteroatoms. The molecular formula is C27H34FNO. The van der Waals surface area contributed by atoms with Gasteiger partial charge in [0, 0.05) is 18.2 Å². The molecule has 0 saturated heterocycles. The molecule has 160 valence electrons. The fourth-order valence-electron chi connectivity index (χ4n) is 8.11. The van der Waals surface area contributed by atoms with Gasteiger partial charge in [-0.3, -0.25) is 4.79 Å². The summed E-state index contributed by atoms with van der Waals surface area (Å²) in [7, 11) is 0. The van der Waals surface area contributed by atoms with Crippen LogP contribution in [0.25, 0.3) is 5.57 Å². The minimum Gasteiger partial charge on any atom is -0.295 e. The van der Waals surface area contributed by atoms with E-state index in [1.54, 1.807) is 6.20 Å². The predicted octanol–water partition coefficient (Wildman–Crippen LogP) is 6.83. The molecule has 4 aliphatic carbocycles. The lowest BCUT2D eigenvalue weighted by Gasteiger charge is -2.68. The minimum atomic E-state index is -0.336. The van der Waals surface area contributed by atoms with Gasteiger partial charge in [0.2, 0.25) is 5.95 Å². The fraction of sp³-hybridized carbons (Fsp3) is 0.630. The molecule has 1 aromatic rings. The number of nitrogens with zero attached hydrogens (tertiary/aromatic N) is 1. The molecule has 2 fully saturated rings. The summed E-state index contributed by atoms with van der Waals surface area (Å²) in [5.74, 6) is 0.537. The number of allylic oxidation sites excluding steroid dienone is 4. The zero-order valence-corrected chi connectivity index (χ0v) is 19.1. The van der Waals surface area contributed by atoms with Crippen LogP contribution in [0, 0.1) is 40.4 Å². The van der Waals surface area contributed by atoms with E-state index >= 15 is 0 Å². The number of aromatic nitrogens is 1. The van der Waals surface area contributed by atoms with Crippen molar-refractivity contribution < 1.29 is 9.18 Å². The molecule has 2 saturated carbocycles. The molecule has 5 atom stereocenters.